The van der Waals surface area contributed by atoms with Crippen LogP contribution >= 0.6 is 0 Å². The Balaban J connectivity index is 3.29. The second kappa shape index (κ2) is 3.85. The molecule has 0 saturated carbocycles. The summed E-state index contributed by atoms with van der Waals surface area (Å²) in [5.41, 5.74) is 0.773. The summed E-state index contributed by atoms with van der Waals surface area (Å²) in [4.78, 5) is 0. The second-order valence-corrected chi connectivity index (χ2v) is 1.47. The van der Waals surface area contributed by atoms with Crippen molar-refractivity contribution >= 4 is 0 Å². The van der Waals surface area contributed by atoms with E-state index in [4.69, 9.17) is 0 Å². The third kappa shape index (κ3) is 3.50. The molecule has 1 heteroatoms. The predicted octanol–water partition coefficient (Wildman–Crippen LogP) is 2.13. The summed E-state index contributed by atoms with van der Waals surface area (Å²) in [6.07, 6.45) is 2.47. The van der Waals surface area contributed by atoms with Gasteiger partial charge in [0.05, 0.1) is 0 Å². The van der Waals surface area contributed by atoms with Crippen molar-refractivity contribution < 1.29 is 4.39 Å². The summed E-state index contributed by atoms with van der Waals surface area (Å²) in [5.74, 6) is 0. The molecule has 0 aromatic rings. The van der Waals surface area contributed by atoms with Crippen molar-refractivity contribution in [3.63, 3.8) is 0 Å². The molecule has 0 spiro atoms. The average Bonchev–Trinajstić information content (AvgIpc) is 1.68. The van der Waals surface area contributed by atoms with E-state index in [0.29, 0.717) is 6.42 Å². The maximum atomic E-state index is 11.5. The van der Waals surface area contributed by atoms with Gasteiger partial charge in [-0.05, 0) is 25.8 Å². The van der Waals surface area contributed by atoms with Crippen LogP contribution in [0.3, 0.4) is 0 Å². The molecule has 0 rings (SSSR count). The number of rotatable bonds is 2. The van der Waals surface area contributed by atoms with E-state index in [1.165, 1.54) is 0 Å². The lowest BCUT2D eigenvalue weighted by Crippen LogP contribution is -1.74. The molecule has 0 heterocycles. The van der Waals surface area contributed by atoms with Crippen molar-refractivity contribution in [2.75, 3.05) is 6.67 Å². The van der Waals surface area contributed by atoms with Crippen molar-refractivity contribution in [1.29, 1.82) is 0 Å². The molecule has 0 aliphatic rings. The van der Waals surface area contributed by atoms with E-state index in [1.807, 2.05) is 0 Å². The van der Waals surface area contributed by atoms with E-state index < -0.39 is 0 Å². The van der Waals surface area contributed by atoms with E-state index in [1.54, 1.807) is 13.0 Å². The molecule has 0 atom stereocenters. The van der Waals surface area contributed by atoms with Gasteiger partial charge in [-0.3, -0.25) is 0 Å². The normalized spacial score (nSPS) is 12.1. The van der Waals surface area contributed by atoms with E-state index in [9.17, 15) is 4.39 Å². The molecule has 0 fully saturated rings. The van der Waals surface area contributed by atoms with Gasteiger partial charge in [0.2, 0.25) is 0 Å². The van der Waals surface area contributed by atoms with Crippen molar-refractivity contribution in [1.82, 2.24) is 0 Å². The van der Waals surface area contributed by atoms with Crippen LogP contribution in [-0.4, -0.2) is 6.67 Å². The lowest BCUT2D eigenvalue weighted by atomic mass is 10.3. The Morgan fingerprint density at radius 3 is 2.57 bits per heavy atom. The standard InChI is InChI=1S/C6H10F/c1-3-4-6(2)5-7/h4H,1,3,5H2,2H3/b6-4-. The maximum Gasteiger partial charge on any atom is 0.110 e. The maximum absolute atomic E-state index is 11.5. The van der Waals surface area contributed by atoms with Crippen molar-refractivity contribution in [2.45, 2.75) is 13.3 Å². The SMILES string of the molecule is [CH2]C/C=C(/C)CF. The van der Waals surface area contributed by atoms with Crippen LogP contribution in [0.2, 0.25) is 0 Å². The zero-order valence-electron chi connectivity index (χ0n) is 4.58. The Labute approximate surface area is 44.0 Å². The fourth-order valence-electron chi connectivity index (χ4n) is 0.301. The highest BCUT2D eigenvalue weighted by atomic mass is 19.1. The van der Waals surface area contributed by atoms with Gasteiger partial charge in [-0.1, -0.05) is 6.08 Å². The van der Waals surface area contributed by atoms with Gasteiger partial charge >= 0.3 is 0 Å². The summed E-state index contributed by atoms with van der Waals surface area (Å²) in [7, 11) is 0. The fourth-order valence-corrected chi connectivity index (χ4v) is 0.301. The molecule has 0 nitrogen and oxygen atoms in total. The molecule has 41 valence electrons. The molecule has 0 aromatic heterocycles. The van der Waals surface area contributed by atoms with Crippen molar-refractivity contribution in [3.05, 3.63) is 18.6 Å². The smallest absolute Gasteiger partial charge is 0.110 e. The Hall–Kier alpha value is -0.330. The summed E-state index contributed by atoms with van der Waals surface area (Å²) >= 11 is 0. The van der Waals surface area contributed by atoms with Crippen LogP contribution in [0.1, 0.15) is 13.3 Å². The molecular formula is C6H10F. The van der Waals surface area contributed by atoms with Gasteiger partial charge in [0.25, 0.3) is 0 Å². The molecule has 0 bridgehead atoms. The van der Waals surface area contributed by atoms with Gasteiger partial charge in [0, 0.05) is 0 Å². The third-order valence-corrected chi connectivity index (χ3v) is 0.704. The van der Waals surface area contributed by atoms with Crippen LogP contribution in [0.4, 0.5) is 4.39 Å². The highest BCUT2D eigenvalue weighted by molar-refractivity contribution is 4.97. The molecule has 1 radical (unpaired) electrons. The van der Waals surface area contributed by atoms with E-state index in [0.717, 1.165) is 5.57 Å². The summed E-state index contributed by atoms with van der Waals surface area (Å²) in [6, 6.07) is 0. The zero-order chi connectivity index (χ0) is 5.70. The summed E-state index contributed by atoms with van der Waals surface area (Å²) in [6.45, 7) is 4.95. The van der Waals surface area contributed by atoms with Crippen LogP contribution in [0, 0.1) is 6.92 Å². The number of hydrogen-bond donors (Lipinski definition) is 0. The van der Waals surface area contributed by atoms with Gasteiger partial charge in [0.1, 0.15) is 6.67 Å². The van der Waals surface area contributed by atoms with Crippen molar-refractivity contribution in [3.8, 4) is 0 Å². The minimum Gasteiger partial charge on any atom is -0.246 e. The number of alkyl halides is 1. The Bertz CT molecular complexity index is 64.6. The van der Waals surface area contributed by atoms with Gasteiger partial charge in [-0.15, -0.1) is 0 Å². The molecule has 0 aliphatic carbocycles. The quantitative estimate of drug-likeness (QED) is 0.467. The topological polar surface area (TPSA) is 0 Å². The minimum atomic E-state index is -0.338. The lowest BCUT2D eigenvalue weighted by molar-refractivity contribution is 0.542. The molecule has 0 N–H and O–H groups in total. The molecular weight excluding hydrogens is 91.1 g/mol. The first-order chi connectivity index (χ1) is 3.31. The molecule has 0 amide bonds. The van der Waals surface area contributed by atoms with Crippen LogP contribution in [0.25, 0.3) is 0 Å². The highest BCUT2D eigenvalue weighted by Crippen LogP contribution is 1.93. The number of halogens is 1. The second-order valence-electron chi connectivity index (χ2n) is 1.47. The Morgan fingerprint density at radius 1 is 1.86 bits per heavy atom. The third-order valence-electron chi connectivity index (χ3n) is 0.704. The van der Waals surface area contributed by atoms with Gasteiger partial charge < -0.3 is 0 Å². The van der Waals surface area contributed by atoms with Crippen LogP contribution in [0.15, 0.2) is 11.6 Å². The summed E-state index contributed by atoms with van der Waals surface area (Å²) in [5, 5.41) is 0. The van der Waals surface area contributed by atoms with Gasteiger partial charge in [-0.25, -0.2) is 4.39 Å². The number of allylic oxidation sites excluding steroid dienone is 2. The Morgan fingerprint density at radius 2 is 2.43 bits per heavy atom. The van der Waals surface area contributed by atoms with Crippen LogP contribution in [-0.2, 0) is 0 Å². The van der Waals surface area contributed by atoms with E-state index >= 15 is 0 Å². The van der Waals surface area contributed by atoms with Gasteiger partial charge in [-0.2, -0.15) is 0 Å². The van der Waals surface area contributed by atoms with Gasteiger partial charge in [0.15, 0.2) is 0 Å². The molecule has 0 saturated heterocycles. The molecule has 0 aliphatic heterocycles. The first-order valence-electron chi connectivity index (χ1n) is 2.32. The largest absolute Gasteiger partial charge is 0.246 e. The summed E-state index contributed by atoms with van der Waals surface area (Å²) < 4.78 is 11.5. The van der Waals surface area contributed by atoms with Crippen LogP contribution < -0.4 is 0 Å². The Kier molecular flexibility index (Phi) is 3.67. The van der Waals surface area contributed by atoms with Crippen molar-refractivity contribution in [2.24, 2.45) is 0 Å². The first kappa shape index (κ1) is 6.67. The van der Waals surface area contributed by atoms with E-state index in [-0.39, 0.29) is 6.67 Å². The lowest BCUT2D eigenvalue weighted by Gasteiger charge is -1.85. The minimum absolute atomic E-state index is 0.338. The average molecular weight is 101 g/mol. The molecule has 0 aromatic carbocycles. The number of hydrogen-bond acceptors (Lipinski definition) is 0. The molecule has 7 heavy (non-hydrogen) atoms. The van der Waals surface area contributed by atoms with E-state index in [2.05, 4.69) is 6.92 Å². The first-order valence-corrected chi connectivity index (χ1v) is 2.32. The molecule has 0 unspecified atom stereocenters. The predicted molar refractivity (Wildman–Crippen MR) is 29.7 cm³/mol. The highest BCUT2D eigenvalue weighted by Gasteiger charge is 1.80. The monoisotopic (exact) mass is 101 g/mol. The zero-order valence-corrected chi connectivity index (χ0v) is 4.58. The van der Waals surface area contributed by atoms with Crippen LogP contribution in [0.5, 0.6) is 0 Å². The fraction of sp³-hybridized carbons (Fsp3) is 0.500.